The number of aliphatic carboxylic acids is 1. The number of ether oxygens (including phenoxy) is 2. The zero-order valence-corrected chi connectivity index (χ0v) is 11.5. The van der Waals surface area contributed by atoms with Gasteiger partial charge in [-0.3, -0.25) is 0 Å². The first-order valence-corrected chi connectivity index (χ1v) is 6.94. The molecule has 0 radical (unpaired) electrons. The molecule has 0 saturated carbocycles. The average Bonchev–Trinajstić information content (AvgIpc) is 2.75. The van der Waals surface area contributed by atoms with Gasteiger partial charge in [0.2, 0.25) is 0 Å². The molecular formula is C12H9NO7S. The van der Waals surface area contributed by atoms with Gasteiger partial charge in [0.05, 0.1) is 7.11 Å². The Morgan fingerprint density at radius 2 is 1.81 bits per heavy atom. The maximum Gasteiger partial charge on any atom is 0.363 e. The molecule has 0 spiro atoms. The van der Waals surface area contributed by atoms with E-state index in [1.807, 2.05) is 0 Å². The number of para-hydroxylation sites is 2. The van der Waals surface area contributed by atoms with E-state index in [0.717, 1.165) is 0 Å². The van der Waals surface area contributed by atoms with E-state index in [4.69, 9.17) is 14.6 Å². The lowest BCUT2D eigenvalue weighted by Crippen LogP contribution is -2.18. The first kappa shape index (κ1) is 14.7. The number of carbonyl (C=O) groups excluding carboxylic acids is 1. The highest BCUT2D eigenvalue weighted by molar-refractivity contribution is 7.95. The predicted molar refractivity (Wildman–Crippen MR) is 70.7 cm³/mol. The van der Waals surface area contributed by atoms with Crippen LogP contribution in [0.3, 0.4) is 0 Å². The van der Waals surface area contributed by atoms with Crippen LogP contribution < -0.4 is 9.47 Å². The molecule has 0 aliphatic carbocycles. The second kappa shape index (κ2) is 5.37. The Morgan fingerprint density at radius 1 is 1.19 bits per heavy atom. The maximum atomic E-state index is 11.8. The van der Waals surface area contributed by atoms with Crippen molar-refractivity contribution in [3.8, 4) is 11.5 Å². The van der Waals surface area contributed by atoms with Gasteiger partial charge >= 0.3 is 11.9 Å². The molecule has 0 amide bonds. The molecule has 1 aromatic rings. The van der Waals surface area contributed by atoms with Gasteiger partial charge in [0.1, 0.15) is 0 Å². The number of carboxylic acid groups (broad SMARTS) is 1. The summed E-state index contributed by atoms with van der Waals surface area (Å²) in [6, 6.07) is 6.20. The summed E-state index contributed by atoms with van der Waals surface area (Å²) in [6.07, 6.45) is 0.648. The lowest BCUT2D eigenvalue weighted by atomic mass is 10.3. The lowest BCUT2D eigenvalue weighted by molar-refractivity contribution is -0.131. The lowest BCUT2D eigenvalue weighted by Gasteiger charge is -2.07. The number of sulfonamides is 1. The van der Waals surface area contributed by atoms with Gasteiger partial charge in [0, 0.05) is 6.08 Å². The van der Waals surface area contributed by atoms with E-state index in [9.17, 15) is 18.0 Å². The Bertz CT molecular complexity index is 777. The molecule has 0 saturated heterocycles. The molecule has 9 heteroatoms. The first-order valence-electron chi connectivity index (χ1n) is 5.50. The first-order chi connectivity index (χ1) is 9.85. The number of esters is 1. The third-order valence-corrected chi connectivity index (χ3v) is 3.74. The van der Waals surface area contributed by atoms with E-state index in [1.54, 1.807) is 12.1 Å². The fraction of sp³-hybridized carbons (Fsp3) is 0.0833. The normalized spacial score (nSPS) is 15.9. The third kappa shape index (κ3) is 2.92. The van der Waals surface area contributed by atoms with E-state index in [2.05, 4.69) is 4.40 Å². The Balaban J connectivity index is 2.29. The van der Waals surface area contributed by atoms with Gasteiger partial charge in [0.15, 0.2) is 22.1 Å². The molecule has 0 aromatic heterocycles. The molecule has 2 rings (SSSR count). The van der Waals surface area contributed by atoms with Crippen molar-refractivity contribution >= 4 is 27.7 Å². The molecule has 21 heavy (non-hydrogen) atoms. The molecule has 0 fully saturated rings. The van der Waals surface area contributed by atoms with Crippen LogP contribution in [0.4, 0.5) is 0 Å². The summed E-state index contributed by atoms with van der Waals surface area (Å²) in [5.74, 6) is -2.48. The third-order valence-electron chi connectivity index (χ3n) is 2.46. The maximum absolute atomic E-state index is 11.8. The largest absolute Gasteiger partial charge is 0.493 e. The molecule has 110 valence electrons. The highest BCUT2D eigenvalue weighted by Gasteiger charge is 2.33. The van der Waals surface area contributed by atoms with Crippen molar-refractivity contribution in [3.05, 3.63) is 35.2 Å². The van der Waals surface area contributed by atoms with Crippen LogP contribution in [0.25, 0.3) is 0 Å². The fourth-order valence-corrected chi connectivity index (χ4v) is 2.49. The van der Waals surface area contributed by atoms with E-state index < -0.39 is 32.6 Å². The molecule has 1 aromatic carbocycles. The van der Waals surface area contributed by atoms with Crippen LogP contribution in [0.1, 0.15) is 0 Å². The van der Waals surface area contributed by atoms with Crippen molar-refractivity contribution < 1.29 is 32.6 Å². The van der Waals surface area contributed by atoms with Gasteiger partial charge < -0.3 is 14.6 Å². The van der Waals surface area contributed by atoms with Crippen LogP contribution >= 0.6 is 0 Å². The number of benzene rings is 1. The number of nitrogens with zero attached hydrogens (tertiary/aromatic N) is 1. The zero-order chi connectivity index (χ0) is 15.6. The van der Waals surface area contributed by atoms with Crippen LogP contribution in [0.5, 0.6) is 11.5 Å². The highest BCUT2D eigenvalue weighted by Crippen LogP contribution is 2.26. The minimum atomic E-state index is -4.37. The molecule has 1 aliphatic rings. The van der Waals surface area contributed by atoms with Crippen LogP contribution in [0.2, 0.25) is 0 Å². The number of carboxylic acids is 1. The highest BCUT2D eigenvalue weighted by atomic mass is 32.2. The predicted octanol–water partition coefficient (Wildman–Crippen LogP) is 0.353. The van der Waals surface area contributed by atoms with Gasteiger partial charge in [-0.05, 0) is 12.1 Å². The number of hydrogen-bond acceptors (Lipinski definition) is 6. The Labute approximate surface area is 119 Å². The summed E-state index contributed by atoms with van der Waals surface area (Å²) >= 11 is 0. The zero-order valence-electron chi connectivity index (χ0n) is 10.6. The number of hydrogen-bond donors (Lipinski definition) is 1. The Kier molecular flexibility index (Phi) is 3.76. The molecular weight excluding hydrogens is 302 g/mol. The van der Waals surface area contributed by atoms with Gasteiger partial charge in [-0.15, -0.1) is 0 Å². The molecule has 8 nitrogen and oxygen atoms in total. The second-order valence-electron chi connectivity index (χ2n) is 3.81. The summed E-state index contributed by atoms with van der Waals surface area (Å²) in [7, 11) is -3.00. The van der Waals surface area contributed by atoms with Gasteiger partial charge in [-0.1, -0.05) is 12.1 Å². The van der Waals surface area contributed by atoms with Crippen LogP contribution in [0, 0.1) is 0 Å². The minimum Gasteiger partial charge on any atom is -0.493 e. The van der Waals surface area contributed by atoms with E-state index in [0.29, 0.717) is 6.08 Å². The van der Waals surface area contributed by atoms with E-state index in [1.165, 1.54) is 19.2 Å². The molecule has 0 unspecified atom stereocenters. The van der Waals surface area contributed by atoms with Gasteiger partial charge in [0.25, 0.3) is 10.0 Å². The summed E-state index contributed by atoms with van der Waals surface area (Å²) in [4.78, 5) is 21.6. The van der Waals surface area contributed by atoms with Gasteiger partial charge in [-0.2, -0.15) is 12.8 Å². The molecule has 1 aliphatic heterocycles. The van der Waals surface area contributed by atoms with Crippen molar-refractivity contribution in [1.29, 1.82) is 0 Å². The molecule has 1 N–H and O–H groups in total. The van der Waals surface area contributed by atoms with Crippen LogP contribution in [-0.2, 0) is 19.6 Å². The second-order valence-corrected chi connectivity index (χ2v) is 5.38. The summed E-state index contributed by atoms with van der Waals surface area (Å²) in [5.41, 5.74) is -0.613. The molecule has 0 bridgehead atoms. The Hall–Kier alpha value is -2.68. The summed E-state index contributed by atoms with van der Waals surface area (Å²) in [6.45, 7) is 0. The number of carbonyl (C=O) groups is 2. The quantitative estimate of drug-likeness (QED) is 0.629. The summed E-state index contributed by atoms with van der Waals surface area (Å²) < 4.78 is 35.8. The van der Waals surface area contributed by atoms with E-state index in [-0.39, 0.29) is 11.5 Å². The average molecular weight is 311 g/mol. The van der Waals surface area contributed by atoms with Crippen molar-refractivity contribution in [2.45, 2.75) is 0 Å². The van der Waals surface area contributed by atoms with Crippen molar-refractivity contribution in [2.24, 2.45) is 4.40 Å². The van der Waals surface area contributed by atoms with E-state index >= 15 is 0 Å². The minimum absolute atomic E-state index is 0.0577. The fourth-order valence-electron chi connectivity index (χ4n) is 1.53. The number of rotatable bonds is 4. The van der Waals surface area contributed by atoms with Crippen LogP contribution in [0.15, 0.2) is 39.6 Å². The summed E-state index contributed by atoms with van der Waals surface area (Å²) in [5, 5.41) is 8.73. The smallest absolute Gasteiger partial charge is 0.363 e. The number of methoxy groups -OCH3 is 1. The monoisotopic (exact) mass is 311 g/mol. The standard InChI is InChI=1S/C12H9NO7S/c1-19-8-4-2-3-5-9(8)20-12(16)7-6-10(11(14)15)21(17,18)13-7/h2-6H,1H3,(H,14,15). The Morgan fingerprint density at radius 3 is 2.33 bits per heavy atom. The van der Waals surface area contributed by atoms with Crippen molar-refractivity contribution in [3.63, 3.8) is 0 Å². The topological polar surface area (TPSA) is 119 Å². The molecule has 1 heterocycles. The SMILES string of the molecule is COc1ccccc1OC(=O)C1=NS(=O)(=O)C(C(=O)O)=C1. The van der Waals surface area contributed by atoms with Crippen LogP contribution in [-0.4, -0.2) is 38.3 Å². The molecule has 0 atom stereocenters. The van der Waals surface area contributed by atoms with Crippen molar-refractivity contribution in [2.75, 3.05) is 7.11 Å². The van der Waals surface area contributed by atoms with Crippen molar-refractivity contribution in [1.82, 2.24) is 0 Å². The van der Waals surface area contributed by atoms with Gasteiger partial charge in [-0.25, -0.2) is 9.59 Å².